The van der Waals surface area contributed by atoms with Gasteiger partial charge in [-0.2, -0.15) is 0 Å². The molecule has 1 heterocycles. The quantitative estimate of drug-likeness (QED) is 0.803. The predicted molar refractivity (Wildman–Crippen MR) is 72.4 cm³/mol. The highest BCUT2D eigenvalue weighted by Gasteiger charge is 2.08. The summed E-state index contributed by atoms with van der Waals surface area (Å²) in [4.78, 5) is 12.0. The van der Waals surface area contributed by atoms with Gasteiger partial charge in [-0.1, -0.05) is 13.0 Å². The maximum Gasteiger partial charge on any atom is 0.251 e. The molecule has 0 aliphatic heterocycles. The van der Waals surface area contributed by atoms with Crippen LogP contribution in [-0.2, 0) is 0 Å². The van der Waals surface area contributed by atoms with Crippen LogP contribution in [-0.4, -0.2) is 43.9 Å². The molecule has 1 aromatic carbocycles. The van der Waals surface area contributed by atoms with Crippen LogP contribution in [0.1, 0.15) is 30.1 Å². The summed E-state index contributed by atoms with van der Waals surface area (Å²) in [6, 6.07) is 7.02. The van der Waals surface area contributed by atoms with E-state index in [1.54, 1.807) is 18.2 Å². The summed E-state index contributed by atoms with van der Waals surface area (Å²) >= 11 is 0. The van der Waals surface area contributed by atoms with Crippen LogP contribution >= 0.6 is 0 Å². The molecule has 1 aromatic heterocycles. The molecular formula is C13H17N5O2. The zero-order valence-electron chi connectivity index (χ0n) is 11.2. The van der Waals surface area contributed by atoms with E-state index < -0.39 is 0 Å². The van der Waals surface area contributed by atoms with E-state index in [4.69, 9.17) is 0 Å². The Kier molecular flexibility index (Phi) is 4.78. The number of nitrogens with one attached hydrogen (secondary N) is 1. The lowest BCUT2D eigenvalue weighted by Crippen LogP contribution is -2.27. The molecule has 0 aliphatic rings. The van der Waals surface area contributed by atoms with Crippen LogP contribution in [0, 0.1) is 0 Å². The van der Waals surface area contributed by atoms with Crippen molar-refractivity contribution in [2.24, 2.45) is 0 Å². The number of benzene rings is 1. The van der Waals surface area contributed by atoms with Gasteiger partial charge in [0, 0.05) is 12.1 Å². The number of tetrazole rings is 1. The number of aromatic nitrogens is 4. The van der Waals surface area contributed by atoms with Gasteiger partial charge in [0.2, 0.25) is 0 Å². The van der Waals surface area contributed by atoms with Gasteiger partial charge in [-0.05, 0) is 41.5 Å². The Morgan fingerprint density at radius 2 is 2.35 bits per heavy atom. The van der Waals surface area contributed by atoms with Crippen molar-refractivity contribution < 1.29 is 9.90 Å². The Bertz CT molecular complexity index is 556. The second kappa shape index (κ2) is 6.76. The van der Waals surface area contributed by atoms with Gasteiger partial charge >= 0.3 is 0 Å². The Hall–Kier alpha value is -2.28. The predicted octanol–water partition coefficient (Wildman–Crippen LogP) is 0.553. The number of hydrogen-bond acceptors (Lipinski definition) is 5. The Labute approximate surface area is 116 Å². The van der Waals surface area contributed by atoms with Gasteiger partial charge in [0.25, 0.3) is 5.91 Å². The molecule has 1 amide bonds. The first kappa shape index (κ1) is 14.1. The Morgan fingerprint density at radius 3 is 3.05 bits per heavy atom. The maximum absolute atomic E-state index is 12.0. The van der Waals surface area contributed by atoms with Crippen LogP contribution in [0.4, 0.5) is 0 Å². The molecular weight excluding hydrogens is 258 g/mol. The van der Waals surface area contributed by atoms with Crippen molar-refractivity contribution in [3.05, 3.63) is 36.2 Å². The third kappa shape index (κ3) is 3.61. The van der Waals surface area contributed by atoms with E-state index in [2.05, 4.69) is 20.8 Å². The fourth-order valence-electron chi connectivity index (χ4n) is 1.73. The molecule has 2 rings (SSSR count). The minimum Gasteiger partial charge on any atom is -0.393 e. The zero-order valence-corrected chi connectivity index (χ0v) is 11.2. The van der Waals surface area contributed by atoms with E-state index in [1.165, 1.54) is 11.0 Å². The third-order valence-electron chi connectivity index (χ3n) is 2.96. The van der Waals surface area contributed by atoms with E-state index in [0.29, 0.717) is 24.9 Å². The average Bonchev–Trinajstić information content (AvgIpc) is 3.01. The van der Waals surface area contributed by atoms with E-state index in [1.807, 2.05) is 13.0 Å². The lowest BCUT2D eigenvalue weighted by Gasteiger charge is -2.09. The highest BCUT2D eigenvalue weighted by molar-refractivity contribution is 5.94. The molecule has 1 atom stereocenters. The molecule has 0 aliphatic carbocycles. The summed E-state index contributed by atoms with van der Waals surface area (Å²) in [6.07, 6.45) is 2.33. The number of amides is 1. The van der Waals surface area contributed by atoms with Gasteiger partial charge in [-0.3, -0.25) is 4.79 Å². The molecule has 0 spiro atoms. The maximum atomic E-state index is 12.0. The normalized spacial score (nSPS) is 12.1. The molecule has 0 saturated heterocycles. The van der Waals surface area contributed by atoms with Crippen molar-refractivity contribution in [1.82, 2.24) is 25.5 Å². The van der Waals surface area contributed by atoms with Crippen molar-refractivity contribution in [2.45, 2.75) is 25.9 Å². The SMILES string of the molecule is CCC(O)CCNC(=O)c1cccc(-n2cnnn2)c1. The largest absolute Gasteiger partial charge is 0.393 e. The lowest BCUT2D eigenvalue weighted by molar-refractivity contribution is 0.0942. The zero-order chi connectivity index (χ0) is 14.4. The molecule has 0 fully saturated rings. The molecule has 0 saturated carbocycles. The van der Waals surface area contributed by atoms with E-state index >= 15 is 0 Å². The first-order valence-electron chi connectivity index (χ1n) is 6.50. The molecule has 2 aromatic rings. The summed E-state index contributed by atoms with van der Waals surface area (Å²) in [5, 5.41) is 23.1. The number of carbonyl (C=O) groups is 1. The van der Waals surface area contributed by atoms with Crippen LogP contribution in [0.25, 0.3) is 5.69 Å². The molecule has 7 nitrogen and oxygen atoms in total. The van der Waals surface area contributed by atoms with Gasteiger partial charge in [0.15, 0.2) is 0 Å². The van der Waals surface area contributed by atoms with Crippen molar-refractivity contribution in [3.63, 3.8) is 0 Å². The molecule has 2 N–H and O–H groups in total. The van der Waals surface area contributed by atoms with Crippen molar-refractivity contribution in [2.75, 3.05) is 6.54 Å². The van der Waals surface area contributed by atoms with E-state index in [0.717, 1.165) is 5.69 Å². The van der Waals surface area contributed by atoms with Gasteiger partial charge < -0.3 is 10.4 Å². The monoisotopic (exact) mass is 275 g/mol. The van der Waals surface area contributed by atoms with Crippen molar-refractivity contribution in [1.29, 1.82) is 0 Å². The van der Waals surface area contributed by atoms with Crippen LogP contribution in [0.3, 0.4) is 0 Å². The van der Waals surface area contributed by atoms with Crippen LogP contribution < -0.4 is 5.32 Å². The minimum absolute atomic E-state index is 0.178. The summed E-state index contributed by atoms with van der Waals surface area (Å²) in [7, 11) is 0. The second-order valence-corrected chi connectivity index (χ2v) is 4.41. The standard InChI is InChI=1S/C13H17N5O2/c1-2-12(19)6-7-14-13(20)10-4-3-5-11(8-10)18-9-15-16-17-18/h3-5,8-9,12,19H,2,6-7H2,1H3,(H,14,20). The molecule has 0 bridgehead atoms. The first-order chi connectivity index (χ1) is 9.70. The average molecular weight is 275 g/mol. The van der Waals surface area contributed by atoms with Gasteiger partial charge in [-0.15, -0.1) is 5.10 Å². The van der Waals surface area contributed by atoms with Crippen LogP contribution in [0.15, 0.2) is 30.6 Å². The number of aliphatic hydroxyl groups excluding tert-OH is 1. The molecule has 20 heavy (non-hydrogen) atoms. The molecule has 1 unspecified atom stereocenters. The Balaban J connectivity index is 1.98. The highest BCUT2D eigenvalue weighted by Crippen LogP contribution is 2.08. The van der Waals surface area contributed by atoms with E-state index in [-0.39, 0.29) is 12.0 Å². The number of nitrogens with zero attached hydrogens (tertiary/aromatic N) is 4. The van der Waals surface area contributed by atoms with Crippen molar-refractivity contribution in [3.8, 4) is 5.69 Å². The topological polar surface area (TPSA) is 92.9 Å². The second-order valence-electron chi connectivity index (χ2n) is 4.41. The fraction of sp³-hybridized carbons (Fsp3) is 0.385. The molecule has 0 radical (unpaired) electrons. The summed E-state index contributed by atoms with van der Waals surface area (Å²) < 4.78 is 1.48. The number of hydrogen-bond donors (Lipinski definition) is 2. The number of aliphatic hydroxyl groups is 1. The Morgan fingerprint density at radius 1 is 1.50 bits per heavy atom. The smallest absolute Gasteiger partial charge is 0.251 e. The van der Waals surface area contributed by atoms with Gasteiger partial charge in [0.05, 0.1) is 11.8 Å². The lowest BCUT2D eigenvalue weighted by atomic mass is 10.1. The molecule has 7 heteroatoms. The van der Waals surface area contributed by atoms with E-state index in [9.17, 15) is 9.90 Å². The van der Waals surface area contributed by atoms with Crippen molar-refractivity contribution >= 4 is 5.91 Å². The number of rotatable bonds is 6. The summed E-state index contributed by atoms with van der Waals surface area (Å²) in [6.45, 7) is 2.35. The van der Waals surface area contributed by atoms with Crippen LogP contribution in [0.5, 0.6) is 0 Å². The summed E-state index contributed by atoms with van der Waals surface area (Å²) in [5.74, 6) is -0.178. The van der Waals surface area contributed by atoms with Gasteiger partial charge in [-0.25, -0.2) is 4.68 Å². The molecule has 106 valence electrons. The van der Waals surface area contributed by atoms with Crippen LogP contribution in [0.2, 0.25) is 0 Å². The first-order valence-corrected chi connectivity index (χ1v) is 6.50. The highest BCUT2D eigenvalue weighted by atomic mass is 16.3. The number of carbonyl (C=O) groups excluding carboxylic acids is 1. The minimum atomic E-state index is -0.372. The third-order valence-corrected chi connectivity index (χ3v) is 2.96. The van der Waals surface area contributed by atoms with Gasteiger partial charge in [0.1, 0.15) is 6.33 Å². The fourth-order valence-corrected chi connectivity index (χ4v) is 1.73. The summed E-state index contributed by atoms with van der Waals surface area (Å²) in [5.41, 5.74) is 1.25.